The van der Waals surface area contributed by atoms with Gasteiger partial charge in [-0.1, -0.05) is 6.07 Å². The van der Waals surface area contributed by atoms with Gasteiger partial charge in [0, 0.05) is 23.1 Å². The van der Waals surface area contributed by atoms with E-state index in [9.17, 15) is 14.4 Å². The zero-order chi connectivity index (χ0) is 20.3. The van der Waals surface area contributed by atoms with E-state index in [0.29, 0.717) is 17.1 Å². The van der Waals surface area contributed by atoms with Gasteiger partial charge in [-0.15, -0.1) is 0 Å². The van der Waals surface area contributed by atoms with Crippen LogP contribution in [0.4, 0.5) is 11.4 Å². The maximum absolute atomic E-state index is 12.1. The number of halogens is 1. The third-order valence-electron chi connectivity index (χ3n) is 4.39. The minimum absolute atomic E-state index is 0.00231. The van der Waals surface area contributed by atoms with Crippen molar-refractivity contribution in [2.24, 2.45) is 5.92 Å². The number of carboxylic acid groups (broad SMARTS) is 1. The first-order valence-corrected chi connectivity index (χ1v) is 9.45. The van der Waals surface area contributed by atoms with E-state index in [-0.39, 0.29) is 31.4 Å². The van der Waals surface area contributed by atoms with Crippen molar-refractivity contribution in [3.05, 3.63) is 52.5 Å². The molecule has 0 saturated carbocycles. The number of anilines is 2. The Morgan fingerprint density at radius 2 is 1.96 bits per heavy atom. The summed E-state index contributed by atoms with van der Waals surface area (Å²) < 4.78 is 6.27. The summed E-state index contributed by atoms with van der Waals surface area (Å²) in [6.45, 7) is 1.95. The lowest BCUT2D eigenvalue weighted by Gasteiger charge is -2.16. The van der Waals surface area contributed by atoms with Crippen LogP contribution in [-0.4, -0.2) is 36.0 Å². The molecular formula is C20H19BrN2O5. The molecule has 2 N–H and O–H groups in total. The minimum atomic E-state index is -0.970. The van der Waals surface area contributed by atoms with Gasteiger partial charge in [0.25, 0.3) is 5.91 Å². The molecule has 2 amide bonds. The standard InChI is InChI=1S/C20H19BrN2O5/c1-12-2-7-17(16(21)8-12)22-18(24)11-28-15-5-3-14(4-6-15)23-10-13(20(26)27)9-19(23)25/h2-8,13H,9-11H2,1H3,(H,22,24)(H,26,27)/t13-/m1/s1. The number of nitrogens with zero attached hydrogens (tertiary/aromatic N) is 1. The number of nitrogens with one attached hydrogen (secondary N) is 1. The lowest BCUT2D eigenvalue weighted by molar-refractivity contribution is -0.141. The molecule has 1 atom stereocenters. The number of benzene rings is 2. The lowest BCUT2D eigenvalue weighted by Crippen LogP contribution is -2.25. The highest BCUT2D eigenvalue weighted by atomic mass is 79.9. The summed E-state index contributed by atoms with van der Waals surface area (Å²) in [6, 6.07) is 12.2. The quantitative estimate of drug-likeness (QED) is 0.709. The van der Waals surface area contributed by atoms with Crippen molar-refractivity contribution in [2.45, 2.75) is 13.3 Å². The predicted octanol–water partition coefficient (Wildman–Crippen LogP) is 3.21. The van der Waals surface area contributed by atoms with E-state index < -0.39 is 11.9 Å². The number of carboxylic acids is 1. The van der Waals surface area contributed by atoms with Gasteiger partial charge < -0.3 is 20.1 Å². The van der Waals surface area contributed by atoms with Gasteiger partial charge in [-0.3, -0.25) is 14.4 Å². The zero-order valence-electron chi connectivity index (χ0n) is 15.1. The molecule has 1 fully saturated rings. The highest BCUT2D eigenvalue weighted by Crippen LogP contribution is 2.27. The summed E-state index contributed by atoms with van der Waals surface area (Å²) in [5.41, 5.74) is 2.34. The number of hydrogen-bond donors (Lipinski definition) is 2. The molecule has 146 valence electrons. The largest absolute Gasteiger partial charge is 0.484 e. The van der Waals surface area contributed by atoms with Crippen molar-refractivity contribution in [2.75, 3.05) is 23.4 Å². The number of hydrogen-bond acceptors (Lipinski definition) is 4. The van der Waals surface area contributed by atoms with Crippen molar-refractivity contribution in [1.29, 1.82) is 0 Å². The molecular weight excluding hydrogens is 428 g/mol. The zero-order valence-corrected chi connectivity index (χ0v) is 16.7. The summed E-state index contributed by atoms with van der Waals surface area (Å²) in [5.74, 6) is -1.70. The molecule has 1 heterocycles. The monoisotopic (exact) mass is 446 g/mol. The molecule has 0 unspecified atom stereocenters. The van der Waals surface area contributed by atoms with E-state index in [1.807, 2.05) is 25.1 Å². The van der Waals surface area contributed by atoms with Crippen molar-refractivity contribution >= 4 is 45.1 Å². The van der Waals surface area contributed by atoms with Gasteiger partial charge in [-0.2, -0.15) is 0 Å². The maximum atomic E-state index is 12.1. The van der Waals surface area contributed by atoms with Crippen LogP contribution >= 0.6 is 15.9 Å². The third kappa shape index (κ3) is 4.69. The molecule has 0 radical (unpaired) electrons. The number of amides is 2. The van der Waals surface area contributed by atoms with E-state index in [2.05, 4.69) is 21.2 Å². The Hall–Kier alpha value is -2.87. The Bertz CT molecular complexity index is 913. The second-order valence-corrected chi connectivity index (χ2v) is 7.41. The molecule has 3 rings (SSSR count). The molecule has 2 aromatic rings. The number of rotatable bonds is 6. The SMILES string of the molecule is Cc1ccc(NC(=O)COc2ccc(N3C[C@H](C(=O)O)CC3=O)cc2)c(Br)c1. The van der Waals surface area contributed by atoms with E-state index in [0.717, 1.165) is 10.0 Å². The number of carbonyl (C=O) groups excluding carboxylic acids is 2. The molecule has 1 saturated heterocycles. The molecule has 0 bridgehead atoms. The van der Waals surface area contributed by atoms with Gasteiger partial charge in [0.1, 0.15) is 5.75 Å². The topological polar surface area (TPSA) is 95.9 Å². The third-order valence-corrected chi connectivity index (χ3v) is 5.05. The first-order chi connectivity index (χ1) is 13.3. The first-order valence-electron chi connectivity index (χ1n) is 8.65. The van der Waals surface area contributed by atoms with Crippen LogP contribution in [0.3, 0.4) is 0 Å². The second-order valence-electron chi connectivity index (χ2n) is 6.56. The first kappa shape index (κ1) is 19.9. The molecule has 2 aromatic carbocycles. The summed E-state index contributed by atoms with van der Waals surface area (Å²) in [4.78, 5) is 36.6. The average Bonchev–Trinajstić information content (AvgIpc) is 3.05. The van der Waals surface area contributed by atoms with Gasteiger partial charge in [0.15, 0.2) is 6.61 Å². The molecule has 1 aliphatic heterocycles. The Labute approximate surface area is 170 Å². The van der Waals surface area contributed by atoms with Gasteiger partial charge in [0.2, 0.25) is 5.91 Å². The molecule has 8 heteroatoms. The summed E-state index contributed by atoms with van der Waals surface area (Å²) in [5, 5.41) is 11.8. The molecule has 0 aliphatic carbocycles. The summed E-state index contributed by atoms with van der Waals surface area (Å²) in [6.07, 6.45) is 0.00231. The Kier molecular flexibility index (Phi) is 5.99. The van der Waals surface area contributed by atoms with E-state index in [1.165, 1.54) is 4.90 Å². The fraction of sp³-hybridized carbons (Fsp3) is 0.250. The fourth-order valence-electron chi connectivity index (χ4n) is 2.90. The van der Waals surface area contributed by atoms with E-state index in [1.54, 1.807) is 24.3 Å². The smallest absolute Gasteiger partial charge is 0.308 e. The molecule has 7 nitrogen and oxygen atoms in total. The van der Waals surface area contributed by atoms with E-state index in [4.69, 9.17) is 9.84 Å². The average molecular weight is 447 g/mol. The highest BCUT2D eigenvalue weighted by molar-refractivity contribution is 9.10. The van der Waals surface area contributed by atoms with Gasteiger partial charge in [-0.05, 0) is 64.8 Å². The Morgan fingerprint density at radius 1 is 1.25 bits per heavy atom. The highest BCUT2D eigenvalue weighted by Gasteiger charge is 2.34. The Balaban J connectivity index is 1.55. The van der Waals surface area contributed by atoms with Crippen molar-refractivity contribution in [3.63, 3.8) is 0 Å². The molecule has 28 heavy (non-hydrogen) atoms. The van der Waals surface area contributed by atoms with Crippen LogP contribution in [0.25, 0.3) is 0 Å². The van der Waals surface area contributed by atoms with Gasteiger partial charge in [-0.25, -0.2) is 0 Å². The van der Waals surface area contributed by atoms with Crippen molar-refractivity contribution in [1.82, 2.24) is 0 Å². The van der Waals surface area contributed by atoms with Crippen molar-refractivity contribution in [3.8, 4) is 5.75 Å². The van der Waals surface area contributed by atoms with Crippen molar-refractivity contribution < 1.29 is 24.2 Å². The number of aliphatic carboxylic acids is 1. The second kappa shape index (κ2) is 8.43. The normalized spacial score (nSPS) is 16.1. The minimum Gasteiger partial charge on any atom is -0.484 e. The van der Waals surface area contributed by atoms with Gasteiger partial charge in [0.05, 0.1) is 11.6 Å². The number of aryl methyl sites for hydroxylation is 1. The maximum Gasteiger partial charge on any atom is 0.308 e. The van der Waals surface area contributed by atoms with Crippen LogP contribution in [0, 0.1) is 12.8 Å². The van der Waals surface area contributed by atoms with Crippen LogP contribution in [-0.2, 0) is 14.4 Å². The predicted molar refractivity (Wildman–Crippen MR) is 108 cm³/mol. The summed E-state index contributed by atoms with van der Waals surface area (Å²) >= 11 is 3.41. The molecule has 1 aliphatic rings. The Morgan fingerprint density at radius 3 is 2.57 bits per heavy atom. The molecule has 0 spiro atoms. The lowest BCUT2D eigenvalue weighted by atomic mass is 10.1. The van der Waals surface area contributed by atoms with Crippen LogP contribution < -0.4 is 15.0 Å². The molecule has 0 aromatic heterocycles. The fourth-order valence-corrected chi connectivity index (χ4v) is 3.49. The van der Waals surface area contributed by atoms with E-state index >= 15 is 0 Å². The summed E-state index contributed by atoms with van der Waals surface area (Å²) in [7, 11) is 0. The number of carbonyl (C=O) groups is 3. The number of ether oxygens (including phenoxy) is 1. The van der Waals surface area contributed by atoms with Crippen LogP contribution in [0.2, 0.25) is 0 Å². The van der Waals surface area contributed by atoms with Crippen LogP contribution in [0.5, 0.6) is 5.75 Å². The van der Waals surface area contributed by atoms with Crippen LogP contribution in [0.1, 0.15) is 12.0 Å². The van der Waals surface area contributed by atoms with Gasteiger partial charge >= 0.3 is 5.97 Å². The van der Waals surface area contributed by atoms with Crippen LogP contribution in [0.15, 0.2) is 46.9 Å².